The van der Waals surface area contributed by atoms with E-state index < -0.39 is 46.7 Å². The van der Waals surface area contributed by atoms with Crippen molar-refractivity contribution in [1.29, 1.82) is 0 Å². The molecular weight excluding hydrogens is 522 g/mol. The van der Waals surface area contributed by atoms with Gasteiger partial charge in [0.05, 0.1) is 11.3 Å². The number of rotatable bonds is 5. The minimum atomic E-state index is -4.79. The number of alkyl halides is 3. The van der Waals surface area contributed by atoms with E-state index in [0.29, 0.717) is 35.0 Å². The fraction of sp³-hybridized carbons (Fsp3) is 0.391. The standard InChI is InChI=1S/C23H22ClF4N5O4/c1-11-7-12(2)29-20(24)19(11)30-21(34)14-8-15(25)16(9-17(14)37-13(3)23(26,27)28)33-22(35)32-5-4-6-36-10-18(32)31-33/h7-9,13H,4-6,10H2,1-3H3,(H,30,34)/t13-/m0/s1. The number of nitrogens with zero attached hydrogens (tertiary/aromatic N) is 4. The highest BCUT2D eigenvalue weighted by Gasteiger charge is 2.39. The summed E-state index contributed by atoms with van der Waals surface area (Å²) in [7, 11) is 0. The maximum Gasteiger partial charge on any atom is 0.425 e. The number of amides is 1. The van der Waals surface area contributed by atoms with Gasteiger partial charge in [-0.15, -0.1) is 5.10 Å². The molecule has 0 unspecified atom stereocenters. The van der Waals surface area contributed by atoms with E-state index in [1.165, 1.54) is 4.57 Å². The first-order valence-corrected chi connectivity index (χ1v) is 11.5. The maximum atomic E-state index is 15.3. The molecule has 0 fully saturated rings. The average Bonchev–Trinajstić information content (AvgIpc) is 2.96. The lowest BCUT2D eigenvalue weighted by Gasteiger charge is -2.21. The fourth-order valence-corrected chi connectivity index (χ4v) is 4.10. The van der Waals surface area contributed by atoms with E-state index in [4.69, 9.17) is 21.1 Å². The summed E-state index contributed by atoms with van der Waals surface area (Å²) in [5.74, 6) is -2.46. The van der Waals surface area contributed by atoms with Crippen molar-refractivity contribution in [2.24, 2.45) is 0 Å². The van der Waals surface area contributed by atoms with Crippen LogP contribution in [-0.4, -0.2) is 44.1 Å². The molecule has 9 nitrogen and oxygen atoms in total. The van der Waals surface area contributed by atoms with Crippen LogP contribution >= 0.6 is 11.6 Å². The summed E-state index contributed by atoms with van der Waals surface area (Å²) in [4.78, 5) is 30.0. The molecule has 3 heterocycles. The second kappa shape index (κ2) is 10.1. The third-order valence-corrected chi connectivity index (χ3v) is 5.94. The van der Waals surface area contributed by atoms with Gasteiger partial charge in [0.1, 0.15) is 23.9 Å². The number of ether oxygens (including phenoxy) is 2. The molecular formula is C23H22ClF4N5O4. The van der Waals surface area contributed by atoms with Gasteiger partial charge in [-0.3, -0.25) is 9.36 Å². The Bertz CT molecular complexity index is 1400. The van der Waals surface area contributed by atoms with E-state index in [1.807, 2.05) is 0 Å². The van der Waals surface area contributed by atoms with E-state index in [1.54, 1.807) is 19.9 Å². The summed E-state index contributed by atoms with van der Waals surface area (Å²) < 4.78 is 67.6. The number of halogens is 5. The van der Waals surface area contributed by atoms with Crippen molar-refractivity contribution in [3.63, 3.8) is 0 Å². The van der Waals surface area contributed by atoms with Crippen LogP contribution < -0.4 is 15.7 Å². The number of carbonyl (C=O) groups is 1. The Hall–Kier alpha value is -3.45. The van der Waals surface area contributed by atoms with E-state index in [9.17, 15) is 22.8 Å². The van der Waals surface area contributed by atoms with Crippen molar-refractivity contribution >= 4 is 23.2 Å². The van der Waals surface area contributed by atoms with Gasteiger partial charge in [-0.05, 0) is 44.9 Å². The van der Waals surface area contributed by atoms with Crippen LogP contribution in [0.5, 0.6) is 5.75 Å². The zero-order valence-corrected chi connectivity index (χ0v) is 20.7. The quantitative estimate of drug-likeness (QED) is 0.379. The van der Waals surface area contributed by atoms with E-state index in [2.05, 4.69) is 15.4 Å². The topological polar surface area (TPSA) is 100 Å². The molecule has 1 aliphatic heterocycles. The number of hydrogen-bond acceptors (Lipinski definition) is 6. The predicted molar refractivity (Wildman–Crippen MR) is 125 cm³/mol. The Labute approximate surface area is 213 Å². The highest BCUT2D eigenvalue weighted by Crippen LogP contribution is 2.32. The van der Waals surface area contributed by atoms with Crippen molar-refractivity contribution < 1.29 is 31.8 Å². The lowest BCUT2D eigenvalue weighted by Crippen LogP contribution is -2.32. The molecule has 0 aliphatic carbocycles. The van der Waals surface area contributed by atoms with Gasteiger partial charge in [0.25, 0.3) is 5.91 Å². The third kappa shape index (κ3) is 5.47. The number of fused-ring (bicyclic) bond motifs is 1. The normalized spacial score (nSPS) is 14.6. The summed E-state index contributed by atoms with van der Waals surface area (Å²) in [6.45, 7) is 4.75. The Balaban J connectivity index is 1.80. The number of benzene rings is 1. The summed E-state index contributed by atoms with van der Waals surface area (Å²) in [6, 6.07) is 3.15. The lowest BCUT2D eigenvalue weighted by atomic mass is 10.1. The molecule has 1 amide bonds. The number of aromatic nitrogens is 4. The number of aryl methyl sites for hydroxylation is 2. The van der Waals surface area contributed by atoms with Crippen molar-refractivity contribution in [1.82, 2.24) is 19.3 Å². The number of pyridine rings is 1. The number of anilines is 1. The Morgan fingerprint density at radius 3 is 2.68 bits per heavy atom. The monoisotopic (exact) mass is 543 g/mol. The van der Waals surface area contributed by atoms with E-state index >= 15 is 4.39 Å². The van der Waals surface area contributed by atoms with Gasteiger partial charge in [0.15, 0.2) is 17.1 Å². The first kappa shape index (κ1) is 26.6. The van der Waals surface area contributed by atoms with Crippen LogP contribution in [0.3, 0.4) is 0 Å². The Morgan fingerprint density at radius 2 is 2.00 bits per heavy atom. The van der Waals surface area contributed by atoms with Crippen LogP contribution in [-0.2, 0) is 17.9 Å². The third-order valence-electron chi connectivity index (χ3n) is 5.67. The van der Waals surface area contributed by atoms with E-state index in [-0.39, 0.29) is 29.8 Å². The molecule has 14 heteroatoms. The number of nitrogens with one attached hydrogen (secondary N) is 1. The first-order chi connectivity index (χ1) is 17.4. The van der Waals surface area contributed by atoms with Gasteiger partial charge in [0.2, 0.25) is 0 Å². The minimum Gasteiger partial charge on any atom is -0.480 e. The molecule has 1 atom stereocenters. The van der Waals surface area contributed by atoms with Crippen molar-refractivity contribution in [2.75, 3.05) is 11.9 Å². The van der Waals surface area contributed by atoms with Crippen LogP contribution in [0.4, 0.5) is 23.2 Å². The average molecular weight is 544 g/mol. The summed E-state index contributed by atoms with van der Waals surface area (Å²) in [6.07, 6.45) is -6.62. The van der Waals surface area contributed by atoms with Crippen molar-refractivity contribution in [2.45, 2.75) is 52.6 Å². The largest absolute Gasteiger partial charge is 0.480 e. The molecule has 0 bridgehead atoms. The molecule has 1 aliphatic rings. The SMILES string of the molecule is Cc1cc(C)c(NC(=O)c2cc(F)c(-n3nc4n(c3=O)CCCOC4)cc2O[C@@H](C)C(F)(F)F)c(Cl)n1. The van der Waals surface area contributed by atoms with Crippen LogP contribution in [0, 0.1) is 19.7 Å². The van der Waals surface area contributed by atoms with Gasteiger partial charge in [-0.1, -0.05) is 11.6 Å². The molecule has 198 valence electrons. The molecule has 37 heavy (non-hydrogen) atoms. The number of carbonyl (C=O) groups excluding carboxylic acids is 1. The smallest absolute Gasteiger partial charge is 0.425 e. The maximum absolute atomic E-state index is 15.3. The van der Waals surface area contributed by atoms with E-state index in [0.717, 1.165) is 13.0 Å². The molecule has 1 N–H and O–H groups in total. The van der Waals surface area contributed by atoms with Crippen LogP contribution in [0.15, 0.2) is 23.0 Å². The highest BCUT2D eigenvalue weighted by molar-refractivity contribution is 6.33. The second-order valence-corrected chi connectivity index (χ2v) is 8.83. The molecule has 0 saturated carbocycles. The van der Waals surface area contributed by atoms with Gasteiger partial charge >= 0.3 is 11.9 Å². The molecule has 0 radical (unpaired) electrons. The Morgan fingerprint density at radius 1 is 1.27 bits per heavy atom. The molecule has 0 saturated heterocycles. The second-order valence-electron chi connectivity index (χ2n) is 8.47. The highest BCUT2D eigenvalue weighted by atomic mass is 35.5. The summed E-state index contributed by atoms with van der Waals surface area (Å²) in [5, 5.41) is 6.48. The minimum absolute atomic E-state index is 0.00348. The summed E-state index contributed by atoms with van der Waals surface area (Å²) >= 11 is 6.13. The fourth-order valence-electron chi connectivity index (χ4n) is 3.77. The lowest BCUT2D eigenvalue weighted by molar-refractivity contribution is -0.189. The van der Waals surface area contributed by atoms with Crippen LogP contribution in [0.2, 0.25) is 5.15 Å². The van der Waals surface area contributed by atoms with Gasteiger partial charge in [-0.2, -0.15) is 17.9 Å². The zero-order valence-electron chi connectivity index (χ0n) is 19.9. The Kier molecular flexibility index (Phi) is 7.29. The number of hydrogen-bond donors (Lipinski definition) is 1. The molecule has 0 spiro atoms. The molecule has 4 rings (SSSR count). The molecule has 2 aromatic heterocycles. The van der Waals surface area contributed by atoms with Crippen LogP contribution in [0.1, 0.15) is 40.8 Å². The molecule has 1 aromatic carbocycles. The van der Waals surface area contributed by atoms with Gasteiger partial charge in [-0.25, -0.2) is 14.2 Å². The van der Waals surface area contributed by atoms with Crippen molar-refractivity contribution in [3.8, 4) is 11.4 Å². The molecule has 3 aromatic rings. The predicted octanol–water partition coefficient (Wildman–Crippen LogP) is 4.34. The summed E-state index contributed by atoms with van der Waals surface area (Å²) in [5.41, 5.74) is -0.538. The van der Waals surface area contributed by atoms with Crippen LogP contribution in [0.25, 0.3) is 5.69 Å². The van der Waals surface area contributed by atoms with Gasteiger partial charge < -0.3 is 14.8 Å². The zero-order chi connectivity index (χ0) is 27.1. The van der Waals surface area contributed by atoms with Gasteiger partial charge in [0, 0.05) is 24.9 Å². The first-order valence-electron chi connectivity index (χ1n) is 11.2. The van der Waals surface area contributed by atoms with Crippen molar-refractivity contribution in [3.05, 3.63) is 62.3 Å².